The maximum absolute atomic E-state index is 12.6. The fraction of sp³-hybridized carbons (Fsp3) is 0.421. The molecule has 1 aliphatic carbocycles. The molecule has 2 aliphatic rings. The van der Waals surface area contributed by atoms with E-state index in [1.807, 2.05) is 0 Å². The number of amides is 2. The van der Waals surface area contributed by atoms with E-state index in [4.69, 9.17) is 9.84 Å². The third-order valence-corrected chi connectivity index (χ3v) is 5.26. The van der Waals surface area contributed by atoms with Crippen LogP contribution in [0.2, 0.25) is 0 Å². The zero-order valence-corrected chi connectivity index (χ0v) is 15.9. The predicted octanol–water partition coefficient (Wildman–Crippen LogP) is 3.83. The molecule has 0 bridgehead atoms. The van der Waals surface area contributed by atoms with Gasteiger partial charge in [-0.05, 0) is 66.6 Å². The molecule has 0 unspecified atom stereocenters. The van der Waals surface area contributed by atoms with Crippen LogP contribution in [-0.2, 0) is 14.4 Å². The Bertz CT molecular complexity index is 758. The molecule has 2 amide bonds. The highest BCUT2D eigenvalue weighted by Crippen LogP contribution is 2.38. The van der Waals surface area contributed by atoms with E-state index in [1.54, 1.807) is 18.2 Å². The van der Waals surface area contributed by atoms with Crippen LogP contribution in [0, 0.1) is 0 Å². The molecule has 26 heavy (non-hydrogen) atoms. The van der Waals surface area contributed by atoms with E-state index >= 15 is 0 Å². The fourth-order valence-corrected chi connectivity index (χ4v) is 3.64. The molecule has 0 aromatic heterocycles. The van der Waals surface area contributed by atoms with Crippen LogP contribution in [0.4, 0.5) is 5.69 Å². The first-order chi connectivity index (χ1) is 12.5. The normalized spacial score (nSPS) is 16.9. The van der Waals surface area contributed by atoms with Gasteiger partial charge in [-0.25, -0.2) is 4.90 Å². The van der Waals surface area contributed by atoms with Crippen LogP contribution >= 0.6 is 15.9 Å². The molecule has 0 saturated carbocycles. The lowest BCUT2D eigenvalue weighted by Gasteiger charge is -2.17. The highest BCUT2D eigenvalue weighted by molar-refractivity contribution is 9.10. The molecule has 6 nitrogen and oxygen atoms in total. The summed E-state index contributed by atoms with van der Waals surface area (Å²) in [6, 6.07) is 5.14. The molecule has 1 heterocycles. The van der Waals surface area contributed by atoms with Crippen molar-refractivity contribution in [1.29, 1.82) is 0 Å². The number of carboxylic acid groups (broad SMARTS) is 1. The van der Waals surface area contributed by atoms with Crippen molar-refractivity contribution in [3.05, 3.63) is 33.8 Å². The van der Waals surface area contributed by atoms with Crippen LogP contribution in [0.3, 0.4) is 0 Å². The van der Waals surface area contributed by atoms with Gasteiger partial charge in [-0.15, -0.1) is 0 Å². The van der Waals surface area contributed by atoms with Crippen molar-refractivity contribution in [3.63, 3.8) is 0 Å². The quantitative estimate of drug-likeness (QED) is 0.534. The van der Waals surface area contributed by atoms with E-state index in [1.165, 1.54) is 4.90 Å². The number of unbranched alkanes of at least 4 members (excludes halogenated alkanes) is 1. The van der Waals surface area contributed by atoms with Gasteiger partial charge in [0, 0.05) is 23.6 Å². The first-order valence-corrected chi connectivity index (χ1v) is 9.53. The zero-order valence-electron chi connectivity index (χ0n) is 14.3. The van der Waals surface area contributed by atoms with Gasteiger partial charge in [-0.1, -0.05) is 0 Å². The Kier molecular flexibility index (Phi) is 5.76. The zero-order chi connectivity index (χ0) is 18.7. The second kappa shape index (κ2) is 8.03. The molecule has 1 aliphatic heterocycles. The van der Waals surface area contributed by atoms with Crippen LogP contribution < -0.4 is 9.64 Å². The molecule has 0 fully saturated rings. The van der Waals surface area contributed by atoms with Crippen molar-refractivity contribution < 1.29 is 24.2 Å². The Labute approximate surface area is 159 Å². The lowest BCUT2D eigenvalue weighted by atomic mass is 9.93. The number of ether oxygens (including phenoxy) is 1. The van der Waals surface area contributed by atoms with Crippen molar-refractivity contribution in [1.82, 2.24) is 0 Å². The summed E-state index contributed by atoms with van der Waals surface area (Å²) in [4.78, 5) is 37.1. The molecule has 0 radical (unpaired) electrons. The minimum atomic E-state index is -0.823. The van der Waals surface area contributed by atoms with Crippen LogP contribution in [0.1, 0.15) is 44.9 Å². The van der Waals surface area contributed by atoms with Gasteiger partial charge in [-0.2, -0.15) is 0 Å². The number of imide groups is 1. The Morgan fingerprint density at radius 1 is 1.12 bits per heavy atom. The molecule has 0 spiro atoms. The van der Waals surface area contributed by atoms with Gasteiger partial charge in [0.2, 0.25) is 0 Å². The van der Waals surface area contributed by atoms with Crippen molar-refractivity contribution in [3.8, 4) is 5.75 Å². The lowest BCUT2D eigenvalue weighted by Crippen LogP contribution is -2.31. The van der Waals surface area contributed by atoms with Gasteiger partial charge >= 0.3 is 5.97 Å². The van der Waals surface area contributed by atoms with E-state index in [0.29, 0.717) is 54.9 Å². The maximum atomic E-state index is 12.6. The SMILES string of the molecule is O=C(O)CCCCOc1cc(N2C(=O)C3=C(CCCC3)C2=O)ccc1Br. The fourth-order valence-electron chi connectivity index (χ4n) is 3.28. The number of rotatable bonds is 7. The van der Waals surface area contributed by atoms with Crippen LogP contribution in [0.5, 0.6) is 5.75 Å². The standard InChI is InChI=1S/C19H20BrNO5/c20-15-9-8-12(11-16(15)26-10-4-3-7-17(22)23)21-18(24)13-5-1-2-6-14(13)19(21)25/h8-9,11H,1-7,10H2,(H,22,23). The predicted molar refractivity (Wildman–Crippen MR) is 99.1 cm³/mol. The number of carbonyl (C=O) groups is 3. The lowest BCUT2D eigenvalue weighted by molar-refractivity contribution is -0.137. The molecule has 1 aromatic rings. The second-order valence-corrected chi connectivity index (χ2v) is 7.28. The highest BCUT2D eigenvalue weighted by atomic mass is 79.9. The molecule has 138 valence electrons. The number of hydrogen-bond donors (Lipinski definition) is 1. The minimum absolute atomic E-state index is 0.110. The number of benzene rings is 1. The number of halogens is 1. The third kappa shape index (κ3) is 3.82. The first-order valence-electron chi connectivity index (χ1n) is 8.74. The van der Waals surface area contributed by atoms with Gasteiger partial charge < -0.3 is 9.84 Å². The number of nitrogens with zero attached hydrogens (tertiary/aromatic N) is 1. The Hall–Kier alpha value is -2.15. The molecule has 7 heteroatoms. The Balaban J connectivity index is 1.71. The second-order valence-electron chi connectivity index (χ2n) is 6.42. The van der Waals surface area contributed by atoms with Gasteiger partial charge in [0.05, 0.1) is 16.8 Å². The number of hydrogen-bond acceptors (Lipinski definition) is 4. The smallest absolute Gasteiger partial charge is 0.303 e. The van der Waals surface area contributed by atoms with Gasteiger partial charge in [0.1, 0.15) is 5.75 Å². The highest BCUT2D eigenvalue weighted by Gasteiger charge is 2.39. The van der Waals surface area contributed by atoms with Crippen molar-refractivity contribution in [2.45, 2.75) is 44.9 Å². The largest absolute Gasteiger partial charge is 0.492 e. The van der Waals surface area contributed by atoms with Crippen LogP contribution in [-0.4, -0.2) is 29.5 Å². The number of anilines is 1. The summed E-state index contributed by atoms with van der Waals surface area (Å²) < 4.78 is 6.42. The van der Waals surface area contributed by atoms with Gasteiger partial charge in [0.25, 0.3) is 11.8 Å². The van der Waals surface area contributed by atoms with Gasteiger partial charge in [-0.3, -0.25) is 14.4 Å². The molecule has 3 rings (SSSR count). The van der Waals surface area contributed by atoms with Crippen molar-refractivity contribution in [2.24, 2.45) is 0 Å². The molecule has 0 atom stereocenters. The average Bonchev–Trinajstić information content (AvgIpc) is 2.87. The maximum Gasteiger partial charge on any atom is 0.303 e. The van der Waals surface area contributed by atoms with Crippen molar-refractivity contribution >= 4 is 39.4 Å². The van der Waals surface area contributed by atoms with Gasteiger partial charge in [0.15, 0.2) is 0 Å². The molecule has 1 aromatic carbocycles. The molecule has 0 saturated heterocycles. The summed E-state index contributed by atoms with van der Waals surface area (Å²) >= 11 is 3.40. The summed E-state index contributed by atoms with van der Waals surface area (Å²) in [6.45, 7) is 0.367. The summed E-state index contributed by atoms with van der Waals surface area (Å²) in [5.74, 6) is -0.738. The minimum Gasteiger partial charge on any atom is -0.492 e. The van der Waals surface area contributed by atoms with Crippen molar-refractivity contribution in [2.75, 3.05) is 11.5 Å². The van der Waals surface area contributed by atoms with Crippen LogP contribution in [0.25, 0.3) is 0 Å². The first kappa shape index (κ1) is 18.6. The number of carbonyl (C=O) groups excluding carboxylic acids is 2. The number of carboxylic acids is 1. The summed E-state index contributed by atoms with van der Waals surface area (Å²) in [6.07, 6.45) is 4.47. The van der Waals surface area contributed by atoms with E-state index in [9.17, 15) is 14.4 Å². The Morgan fingerprint density at radius 3 is 2.38 bits per heavy atom. The van der Waals surface area contributed by atoms with E-state index in [-0.39, 0.29) is 18.2 Å². The summed E-state index contributed by atoms with van der Waals surface area (Å²) in [5, 5.41) is 8.65. The summed E-state index contributed by atoms with van der Waals surface area (Å²) in [7, 11) is 0. The number of aliphatic carboxylic acids is 1. The third-order valence-electron chi connectivity index (χ3n) is 4.61. The van der Waals surface area contributed by atoms with E-state index in [0.717, 1.165) is 17.3 Å². The Morgan fingerprint density at radius 2 is 1.77 bits per heavy atom. The molecule has 1 N–H and O–H groups in total. The molecular formula is C19H20BrNO5. The topological polar surface area (TPSA) is 83.9 Å². The monoisotopic (exact) mass is 421 g/mol. The molecular weight excluding hydrogens is 402 g/mol. The van der Waals surface area contributed by atoms with E-state index in [2.05, 4.69) is 15.9 Å². The average molecular weight is 422 g/mol. The van der Waals surface area contributed by atoms with E-state index < -0.39 is 5.97 Å². The van der Waals surface area contributed by atoms with Crippen LogP contribution in [0.15, 0.2) is 33.8 Å². The summed E-state index contributed by atoms with van der Waals surface area (Å²) in [5.41, 5.74) is 1.80.